The van der Waals surface area contributed by atoms with E-state index in [1.807, 2.05) is 6.07 Å². The Bertz CT molecular complexity index is 2620. The number of alkyl halides is 4. The number of imidazole rings is 1. The molecule has 20 heteroatoms. The fraction of sp³-hybridized carbons (Fsp3) is 0.548. The zero-order valence-corrected chi connectivity index (χ0v) is 35.0. The van der Waals surface area contributed by atoms with Gasteiger partial charge in [-0.15, -0.1) is 0 Å². The number of imide groups is 1. The largest absolute Gasteiger partial charge is 0.364 e. The average Bonchev–Trinajstić information content (AvgIpc) is 3.91. The molecule has 4 aromatic heterocycles. The number of aromatic nitrogens is 7. The Morgan fingerprint density at radius 2 is 1.77 bits per heavy atom. The number of halogens is 4. The molecular weight excluding hydrogens is 813 g/mol. The first kappa shape index (κ1) is 41.6. The lowest BCUT2D eigenvalue weighted by Gasteiger charge is -2.46. The lowest BCUT2D eigenvalue weighted by Crippen LogP contribution is -2.58. The number of rotatable bonds is 10. The van der Waals surface area contributed by atoms with Gasteiger partial charge < -0.3 is 15.1 Å². The normalized spacial score (nSPS) is 24.0. The molecule has 0 radical (unpaired) electrons. The van der Waals surface area contributed by atoms with Gasteiger partial charge in [0.1, 0.15) is 17.4 Å². The molecule has 62 heavy (non-hydrogen) atoms. The van der Waals surface area contributed by atoms with E-state index in [4.69, 9.17) is 0 Å². The number of piperidine rings is 2. The quantitative estimate of drug-likeness (QED) is 0.142. The van der Waals surface area contributed by atoms with E-state index in [0.717, 1.165) is 13.1 Å². The third kappa shape index (κ3) is 7.48. The summed E-state index contributed by atoms with van der Waals surface area (Å²) < 4.78 is 66.6. The summed E-state index contributed by atoms with van der Waals surface area (Å²) in [5.41, 5.74) is 0.872. The number of nitrogens with zero attached hydrogens (tertiary/aromatic N) is 10. The van der Waals surface area contributed by atoms with E-state index in [2.05, 4.69) is 44.6 Å². The van der Waals surface area contributed by atoms with Gasteiger partial charge in [0.2, 0.25) is 11.8 Å². The SMILES string of the molecule is CN(CC1CCC(n2cc(NC(=O)c3cnn4ccc(N5CC(C)(C)C5)nc34)c(C(F)F)n2)CC1)C1CCN(c2cccc3c2n(C)c(=O)n3C2CCC(=O)NC2=O)CC1(F)F. The highest BCUT2D eigenvalue weighted by molar-refractivity contribution is 6.08. The van der Waals surface area contributed by atoms with Gasteiger partial charge in [-0.3, -0.25) is 38.4 Å². The minimum atomic E-state index is -3.10. The Labute approximate surface area is 353 Å². The Kier molecular flexibility index (Phi) is 10.4. The van der Waals surface area contributed by atoms with E-state index in [1.54, 1.807) is 48.3 Å². The molecule has 3 amide bonds. The second-order valence-corrected chi connectivity index (χ2v) is 18.2. The number of aryl methyl sites for hydroxylation is 1. The molecule has 330 valence electrons. The van der Waals surface area contributed by atoms with Crippen molar-refractivity contribution in [2.45, 2.75) is 89.3 Å². The van der Waals surface area contributed by atoms with Crippen LogP contribution < -0.4 is 26.1 Å². The van der Waals surface area contributed by atoms with Crippen LogP contribution >= 0.6 is 0 Å². The molecule has 9 rings (SSSR count). The first-order valence-electron chi connectivity index (χ1n) is 21.1. The van der Waals surface area contributed by atoms with Crippen LogP contribution in [0.15, 0.2) is 47.7 Å². The number of benzene rings is 1. The summed E-state index contributed by atoms with van der Waals surface area (Å²) in [6.07, 6.45) is 4.55. The van der Waals surface area contributed by atoms with Crippen LogP contribution in [-0.2, 0) is 16.6 Å². The molecule has 0 bridgehead atoms. The van der Waals surface area contributed by atoms with E-state index in [1.165, 1.54) is 30.7 Å². The highest BCUT2D eigenvalue weighted by Gasteiger charge is 2.48. The van der Waals surface area contributed by atoms with Crippen molar-refractivity contribution in [3.8, 4) is 0 Å². The first-order chi connectivity index (χ1) is 29.5. The van der Waals surface area contributed by atoms with E-state index >= 15 is 8.78 Å². The van der Waals surface area contributed by atoms with Gasteiger partial charge in [-0.25, -0.2) is 31.9 Å². The Morgan fingerprint density at radius 1 is 1.02 bits per heavy atom. The standard InChI is InChI=1S/C42H50F4N12O4/c1-41(2)21-55(22-41)32-15-17-56-37(49-32)26(18-47-56)38(60)48-27-20-57(51-34(27)36(43)44)25-10-8-24(9-11-25)19-52(3)31-14-16-54(23-42(31,45)46)28-6-5-7-29-35(28)53(4)40(62)58(29)30-12-13-33(59)50-39(30)61/h5-7,15,17-18,20,24-25,30-31,36H,8-14,16,19,21-23H2,1-4H3,(H,48,60)(H,50,59,61). The summed E-state index contributed by atoms with van der Waals surface area (Å²) in [5.74, 6) is -3.90. The minimum absolute atomic E-state index is 0.0888. The number of carbonyl (C=O) groups is 3. The van der Waals surface area contributed by atoms with Crippen molar-refractivity contribution in [1.29, 1.82) is 0 Å². The smallest absolute Gasteiger partial charge is 0.329 e. The van der Waals surface area contributed by atoms with Crippen LogP contribution in [0.4, 0.5) is 34.8 Å². The van der Waals surface area contributed by atoms with Gasteiger partial charge in [0.15, 0.2) is 11.3 Å². The van der Waals surface area contributed by atoms with Gasteiger partial charge in [0.25, 0.3) is 18.3 Å². The number of fused-ring (bicyclic) bond motifs is 2. The maximum atomic E-state index is 16.2. The second kappa shape index (κ2) is 15.5. The topological polar surface area (TPSA) is 160 Å². The molecule has 4 fully saturated rings. The van der Waals surface area contributed by atoms with Gasteiger partial charge in [-0.1, -0.05) is 19.9 Å². The predicted molar refractivity (Wildman–Crippen MR) is 222 cm³/mol. The van der Waals surface area contributed by atoms with Gasteiger partial charge >= 0.3 is 5.69 Å². The molecule has 16 nitrogen and oxygen atoms in total. The Balaban J connectivity index is 0.826. The summed E-state index contributed by atoms with van der Waals surface area (Å²) in [5, 5.41) is 13.4. The molecular formula is C42H50F4N12O4. The van der Waals surface area contributed by atoms with Gasteiger partial charge in [-0.05, 0) is 75.1 Å². The summed E-state index contributed by atoms with van der Waals surface area (Å²) in [4.78, 5) is 61.5. The summed E-state index contributed by atoms with van der Waals surface area (Å²) in [6.45, 7) is 6.12. The van der Waals surface area contributed by atoms with Crippen LogP contribution in [0, 0.1) is 11.3 Å². The van der Waals surface area contributed by atoms with E-state index in [9.17, 15) is 28.0 Å². The fourth-order valence-electron chi connectivity index (χ4n) is 10.1. The number of carbonyl (C=O) groups excluding carboxylic acids is 3. The molecule has 3 aliphatic heterocycles. The van der Waals surface area contributed by atoms with Crippen molar-refractivity contribution in [2.75, 3.05) is 54.9 Å². The highest BCUT2D eigenvalue weighted by Crippen LogP contribution is 2.40. The molecule has 4 aliphatic rings. The zero-order chi connectivity index (χ0) is 43.8. The Morgan fingerprint density at radius 3 is 2.47 bits per heavy atom. The molecule has 5 aromatic rings. The first-order valence-corrected chi connectivity index (χ1v) is 21.1. The lowest BCUT2D eigenvalue weighted by atomic mass is 9.84. The number of nitrogens with one attached hydrogen (secondary N) is 2. The molecule has 7 heterocycles. The number of amides is 3. The van der Waals surface area contributed by atoms with Crippen LogP contribution in [0.25, 0.3) is 16.7 Å². The van der Waals surface area contributed by atoms with Crippen LogP contribution in [0.5, 0.6) is 0 Å². The molecule has 1 saturated carbocycles. The molecule has 3 saturated heterocycles. The maximum absolute atomic E-state index is 16.2. The zero-order valence-electron chi connectivity index (χ0n) is 35.0. The Hall–Kier alpha value is -5.79. The summed E-state index contributed by atoms with van der Waals surface area (Å²) in [7, 11) is 3.27. The molecule has 2 atom stereocenters. The molecule has 0 spiro atoms. The van der Waals surface area contributed by atoms with Crippen molar-refractivity contribution in [1.82, 2.24) is 43.7 Å². The molecule has 2 N–H and O–H groups in total. The van der Waals surface area contributed by atoms with E-state index in [-0.39, 0.29) is 47.9 Å². The second-order valence-electron chi connectivity index (χ2n) is 18.2. The summed E-state index contributed by atoms with van der Waals surface area (Å²) >= 11 is 0. The molecule has 1 aromatic carbocycles. The van der Waals surface area contributed by atoms with Crippen LogP contribution in [0.3, 0.4) is 0 Å². The van der Waals surface area contributed by atoms with Crippen molar-refractivity contribution in [2.24, 2.45) is 18.4 Å². The van der Waals surface area contributed by atoms with E-state index in [0.29, 0.717) is 67.0 Å². The predicted octanol–water partition coefficient (Wildman–Crippen LogP) is 5.17. The average molecular weight is 863 g/mol. The summed E-state index contributed by atoms with van der Waals surface area (Å²) in [6, 6.07) is 4.77. The van der Waals surface area contributed by atoms with Crippen LogP contribution in [0.2, 0.25) is 0 Å². The third-order valence-corrected chi connectivity index (χ3v) is 13.2. The van der Waals surface area contributed by atoms with Gasteiger partial charge in [-0.2, -0.15) is 10.2 Å². The van der Waals surface area contributed by atoms with Gasteiger partial charge in [0, 0.05) is 52.0 Å². The monoisotopic (exact) mass is 862 g/mol. The van der Waals surface area contributed by atoms with Crippen molar-refractivity contribution < 1.29 is 31.9 Å². The number of hydrogen-bond donors (Lipinski definition) is 2. The van der Waals surface area contributed by atoms with Crippen LogP contribution in [0.1, 0.15) is 93.4 Å². The van der Waals surface area contributed by atoms with Crippen molar-refractivity contribution in [3.05, 3.63) is 64.6 Å². The van der Waals surface area contributed by atoms with Crippen molar-refractivity contribution >= 4 is 51.6 Å². The maximum Gasteiger partial charge on any atom is 0.329 e. The molecule has 2 unspecified atom stereocenters. The van der Waals surface area contributed by atoms with Crippen LogP contribution in [-0.4, -0.2) is 108 Å². The molecule has 1 aliphatic carbocycles. The number of para-hydroxylation sites is 1. The van der Waals surface area contributed by atoms with Crippen molar-refractivity contribution in [3.63, 3.8) is 0 Å². The highest BCUT2D eigenvalue weighted by atomic mass is 19.3. The fourth-order valence-corrected chi connectivity index (χ4v) is 10.1. The van der Waals surface area contributed by atoms with Gasteiger partial charge in [0.05, 0.1) is 47.2 Å². The number of hydrogen-bond acceptors (Lipinski definition) is 10. The van der Waals surface area contributed by atoms with E-state index < -0.39 is 60.1 Å². The minimum Gasteiger partial charge on any atom is -0.364 e. The lowest BCUT2D eigenvalue weighted by molar-refractivity contribution is -0.135. The number of anilines is 3. The third-order valence-electron chi connectivity index (χ3n) is 13.2.